The van der Waals surface area contributed by atoms with Crippen molar-refractivity contribution in [3.05, 3.63) is 88.2 Å². The molecule has 1 aliphatic heterocycles. The zero-order valence-corrected chi connectivity index (χ0v) is 19.1. The van der Waals surface area contributed by atoms with E-state index in [0.29, 0.717) is 25.3 Å². The van der Waals surface area contributed by atoms with Crippen molar-refractivity contribution in [3.63, 3.8) is 0 Å². The van der Waals surface area contributed by atoms with Crippen LogP contribution < -0.4 is 4.74 Å². The van der Waals surface area contributed by atoms with Gasteiger partial charge in [0, 0.05) is 34.7 Å². The maximum atomic E-state index is 14.8. The summed E-state index contributed by atoms with van der Waals surface area (Å²) in [6, 6.07) is 3.93. The van der Waals surface area contributed by atoms with E-state index in [2.05, 4.69) is 4.74 Å². The van der Waals surface area contributed by atoms with Gasteiger partial charge in [0.05, 0.1) is 13.2 Å². The summed E-state index contributed by atoms with van der Waals surface area (Å²) < 4.78 is 154. The van der Waals surface area contributed by atoms with Crippen LogP contribution in [-0.4, -0.2) is 13.2 Å². The molecule has 0 atom stereocenters. The molecule has 3 nitrogen and oxygen atoms in total. The number of alkyl halides is 5. The smallest absolute Gasteiger partial charge is 0.429 e. The van der Waals surface area contributed by atoms with Crippen molar-refractivity contribution in [1.29, 1.82) is 0 Å². The highest BCUT2D eigenvalue weighted by Crippen LogP contribution is 2.40. The van der Waals surface area contributed by atoms with E-state index in [1.54, 1.807) is 0 Å². The first kappa shape index (κ1) is 27.7. The summed E-state index contributed by atoms with van der Waals surface area (Å²) in [5.74, 6) is -11.0. The van der Waals surface area contributed by atoms with Crippen LogP contribution in [0.15, 0.2) is 42.5 Å². The van der Waals surface area contributed by atoms with Crippen molar-refractivity contribution >= 4 is 0 Å². The normalized spacial score (nSPS) is 18.5. The van der Waals surface area contributed by atoms with Crippen LogP contribution >= 0.6 is 0 Å². The Morgan fingerprint density at radius 2 is 1.32 bits per heavy atom. The van der Waals surface area contributed by atoms with Crippen molar-refractivity contribution in [2.75, 3.05) is 13.2 Å². The Morgan fingerprint density at radius 1 is 0.737 bits per heavy atom. The van der Waals surface area contributed by atoms with Gasteiger partial charge in [0.25, 0.3) is 0 Å². The summed E-state index contributed by atoms with van der Waals surface area (Å²) in [4.78, 5) is 0. The van der Waals surface area contributed by atoms with E-state index in [0.717, 1.165) is 12.1 Å². The summed E-state index contributed by atoms with van der Waals surface area (Å²) in [6.07, 6.45) is -11.2. The van der Waals surface area contributed by atoms with E-state index in [9.17, 15) is 43.9 Å². The van der Waals surface area contributed by atoms with E-state index in [-0.39, 0.29) is 23.6 Å². The highest BCUT2D eigenvalue weighted by atomic mass is 19.4. The fourth-order valence-corrected chi connectivity index (χ4v) is 3.75. The van der Waals surface area contributed by atoms with Crippen LogP contribution in [0.1, 0.15) is 29.9 Å². The number of benzene rings is 3. The molecule has 204 valence electrons. The number of hydrogen-bond donors (Lipinski definition) is 0. The Hall–Kier alpha value is -3.32. The molecule has 3 aromatic rings. The van der Waals surface area contributed by atoms with Crippen molar-refractivity contribution < 1.29 is 58.1 Å². The van der Waals surface area contributed by atoms with Gasteiger partial charge in [-0.3, -0.25) is 0 Å². The van der Waals surface area contributed by atoms with Gasteiger partial charge >= 0.3 is 12.3 Å². The van der Waals surface area contributed by atoms with Crippen LogP contribution in [0.25, 0.3) is 11.1 Å². The van der Waals surface area contributed by atoms with Gasteiger partial charge in [-0.25, -0.2) is 22.0 Å². The van der Waals surface area contributed by atoms with Crippen molar-refractivity contribution in [2.45, 2.75) is 25.5 Å². The van der Waals surface area contributed by atoms with Gasteiger partial charge in [0.2, 0.25) is 0 Å². The maximum Gasteiger partial charge on any atom is 0.429 e. The molecule has 13 heteroatoms. The Kier molecular flexibility index (Phi) is 7.36. The monoisotopic (exact) mass is 554 g/mol. The zero-order chi connectivity index (χ0) is 28.0. The van der Waals surface area contributed by atoms with Gasteiger partial charge in [0.15, 0.2) is 17.9 Å². The van der Waals surface area contributed by atoms with Gasteiger partial charge in [-0.1, -0.05) is 25.1 Å². The average molecular weight is 554 g/mol. The third-order valence-corrected chi connectivity index (χ3v) is 5.56. The highest BCUT2D eigenvalue weighted by Gasteiger charge is 2.42. The quantitative estimate of drug-likeness (QED) is 0.301. The van der Waals surface area contributed by atoms with Crippen LogP contribution in [0.2, 0.25) is 0 Å². The first-order valence-corrected chi connectivity index (χ1v) is 10.8. The Bertz CT molecular complexity index is 1320. The Labute approximate surface area is 208 Å². The van der Waals surface area contributed by atoms with Gasteiger partial charge in [0.1, 0.15) is 34.3 Å². The number of ether oxygens (including phenoxy) is 3. The molecule has 1 fully saturated rings. The highest BCUT2D eigenvalue weighted by molar-refractivity contribution is 5.66. The maximum absolute atomic E-state index is 14.8. The fraction of sp³-hybridized carbons (Fsp3) is 0.280. The summed E-state index contributed by atoms with van der Waals surface area (Å²) in [7, 11) is 0. The van der Waals surface area contributed by atoms with Crippen molar-refractivity contribution in [3.8, 4) is 16.9 Å². The molecule has 1 saturated heterocycles. The van der Waals surface area contributed by atoms with Gasteiger partial charge in [-0.05, 0) is 12.1 Å². The van der Waals surface area contributed by atoms with E-state index in [1.807, 2.05) is 6.92 Å². The molecule has 0 aliphatic carbocycles. The minimum Gasteiger partial charge on any atom is -0.429 e. The van der Waals surface area contributed by atoms with Crippen LogP contribution in [0.4, 0.5) is 43.9 Å². The van der Waals surface area contributed by atoms with Crippen molar-refractivity contribution in [1.82, 2.24) is 0 Å². The third-order valence-electron chi connectivity index (χ3n) is 5.56. The van der Waals surface area contributed by atoms with Crippen LogP contribution in [0.3, 0.4) is 0 Å². The summed E-state index contributed by atoms with van der Waals surface area (Å²) in [6.45, 7) is 2.56. The van der Waals surface area contributed by atoms with E-state index in [1.165, 1.54) is 6.07 Å². The molecule has 38 heavy (non-hydrogen) atoms. The molecule has 0 saturated carbocycles. The molecule has 0 bridgehead atoms. The van der Waals surface area contributed by atoms with E-state index < -0.39 is 75.7 Å². The predicted molar refractivity (Wildman–Crippen MR) is 111 cm³/mol. The number of halogens is 10. The van der Waals surface area contributed by atoms with E-state index in [4.69, 9.17) is 9.47 Å². The Balaban J connectivity index is 1.62. The summed E-state index contributed by atoms with van der Waals surface area (Å²) in [5, 5.41) is 0. The van der Waals surface area contributed by atoms with Crippen LogP contribution in [0, 0.1) is 35.0 Å². The molecule has 1 heterocycles. The zero-order valence-electron chi connectivity index (χ0n) is 19.1. The molecule has 0 N–H and O–H groups in total. The van der Waals surface area contributed by atoms with Gasteiger partial charge in [-0.2, -0.15) is 22.0 Å². The lowest BCUT2D eigenvalue weighted by atomic mass is 9.99. The second-order valence-corrected chi connectivity index (χ2v) is 8.51. The third kappa shape index (κ3) is 5.44. The predicted octanol–water partition coefficient (Wildman–Crippen LogP) is 7.88. The SMILES string of the molecule is CC1COC(c2ccc(-c3ccc(C(F)(F)Oc4cc(F)c(C(F)(F)F)c(F)c4)c(F)c3F)c(F)c2)OC1. The second-order valence-electron chi connectivity index (χ2n) is 8.51. The molecule has 0 amide bonds. The van der Waals surface area contributed by atoms with E-state index >= 15 is 0 Å². The first-order chi connectivity index (χ1) is 17.7. The molecule has 0 aromatic heterocycles. The van der Waals surface area contributed by atoms with Crippen LogP contribution in [-0.2, 0) is 21.8 Å². The lowest BCUT2D eigenvalue weighted by molar-refractivity contribution is -0.202. The largest absolute Gasteiger partial charge is 0.429 e. The number of rotatable bonds is 5. The minimum atomic E-state index is -5.47. The first-order valence-electron chi connectivity index (χ1n) is 10.8. The standard InChI is InChI=1S/C25H16F10O3/c1-11-9-36-23(37-10-11)12-2-3-14(17(26)6-12)15-4-5-16(22(30)21(15)29)25(34,35)38-13-7-18(27)20(19(28)8-13)24(31,32)33/h2-8,11,23H,9-10H2,1H3. The van der Waals surface area contributed by atoms with Gasteiger partial charge in [-0.15, -0.1) is 0 Å². The molecule has 0 unspecified atom stereocenters. The molecular weight excluding hydrogens is 538 g/mol. The van der Waals surface area contributed by atoms with Crippen molar-refractivity contribution in [2.24, 2.45) is 5.92 Å². The molecule has 1 aliphatic rings. The minimum absolute atomic E-state index is 0.116. The Morgan fingerprint density at radius 3 is 1.87 bits per heavy atom. The molecule has 4 rings (SSSR count). The lowest BCUT2D eigenvalue weighted by Crippen LogP contribution is -2.25. The topological polar surface area (TPSA) is 27.7 Å². The average Bonchev–Trinajstić information content (AvgIpc) is 2.79. The fourth-order valence-electron chi connectivity index (χ4n) is 3.75. The van der Waals surface area contributed by atoms with Crippen LogP contribution in [0.5, 0.6) is 5.75 Å². The summed E-state index contributed by atoms with van der Waals surface area (Å²) in [5.41, 5.74) is -5.09. The lowest BCUT2D eigenvalue weighted by Gasteiger charge is -2.27. The summed E-state index contributed by atoms with van der Waals surface area (Å²) >= 11 is 0. The molecule has 0 radical (unpaired) electrons. The molecular formula is C25H16F10O3. The number of hydrogen-bond acceptors (Lipinski definition) is 3. The van der Waals surface area contributed by atoms with Gasteiger partial charge < -0.3 is 14.2 Å². The second kappa shape index (κ2) is 10.1. The molecule has 0 spiro atoms. The molecule has 3 aromatic carbocycles.